The molecular formula is C55H82N4O13. The largest absolute Gasteiger partial charge is 0.481 e. The smallest absolute Gasteiger partial charge is 0.307 e. The number of amides is 4. The highest BCUT2D eigenvalue weighted by Gasteiger charge is 2.44. The van der Waals surface area contributed by atoms with Crippen LogP contribution < -0.4 is 0 Å². The van der Waals surface area contributed by atoms with E-state index in [2.05, 4.69) is 0 Å². The second-order valence-electron chi connectivity index (χ2n) is 20.2. The Kier molecular flexibility index (Phi) is 24.1. The van der Waals surface area contributed by atoms with Crippen LogP contribution in [0.3, 0.4) is 0 Å². The van der Waals surface area contributed by atoms with Crippen LogP contribution in [-0.2, 0) is 54.2 Å². The number of likely N-dealkylation sites (tertiary alicyclic amines) is 1. The van der Waals surface area contributed by atoms with E-state index < -0.39 is 65.9 Å². The zero-order chi connectivity index (χ0) is 53.2. The molecule has 0 aromatic heterocycles. The molecule has 1 N–H and O–H groups in total. The van der Waals surface area contributed by atoms with Crippen LogP contribution in [-0.4, -0.2) is 171 Å². The molecule has 0 radical (unpaired) electrons. The lowest BCUT2D eigenvalue weighted by atomic mass is 9.83. The first-order chi connectivity index (χ1) is 34.3. The Bertz CT molecular complexity index is 2070. The molecule has 2 aliphatic rings. The molecule has 17 heteroatoms. The summed E-state index contributed by atoms with van der Waals surface area (Å²) in [5, 5.41) is 10.8. The lowest BCUT2D eigenvalue weighted by Crippen LogP contribution is -2.54. The van der Waals surface area contributed by atoms with E-state index in [1.54, 1.807) is 55.1 Å². The van der Waals surface area contributed by atoms with Gasteiger partial charge in [-0.15, -0.1) is 5.06 Å². The first-order valence-electron chi connectivity index (χ1n) is 25.7. The van der Waals surface area contributed by atoms with Gasteiger partial charge in [-0.25, -0.2) is 0 Å². The number of nitrogens with zero attached hydrogens (tertiary/aromatic N) is 4. The molecule has 0 bridgehead atoms. The standard InChI is InChI=1S/C55H82N4O13/c1-12-37(6)50(47(68-10)34-48(62)58-24-18-23-44(58)51(69-11)38(7)45(60)32-40(55(66)67)31-39-19-14-13-15-20-39)57(9)52(63)43(35(2)3)33-46(61)49(36(4)5)56(8)25-26-70-27-28-71-29-30-72-59-53(64)41-21-16-17-22-42(41)54(59)65/h13-17,19-22,35-38,40,43-44,47,49-51H,12,18,23-34H2,1-11H3,(H,66,67)/t37-,38-,40+,43-,44-,47+,49-,50-,51+/m0/s1. The van der Waals surface area contributed by atoms with Crippen LogP contribution in [0.25, 0.3) is 0 Å². The van der Waals surface area contributed by atoms with Crippen molar-refractivity contribution in [2.24, 2.45) is 35.5 Å². The van der Waals surface area contributed by atoms with Crippen LogP contribution in [0.2, 0.25) is 0 Å². The number of Topliss-reactive ketones (excluding diaryl/α,β-unsaturated/α-hetero) is 2. The molecule has 72 heavy (non-hydrogen) atoms. The molecule has 1 saturated heterocycles. The van der Waals surface area contributed by atoms with E-state index in [4.69, 9.17) is 23.8 Å². The Morgan fingerprint density at radius 1 is 0.750 bits per heavy atom. The third-order valence-electron chi connectivity index (χ3n) is 14.6. The summed E-state index contributed by atoms with van der Waals surface area (Å²) in [5.74, 6) is -5.23. The molecular weight excluding hydrogens is 925 g/mol. The van der Waals surface area contributed by atoms with E-state index in [9.17, 15) is 38.7 Å². The number of rotatable bonds is 33. The number of hydrogen-bond donors (Lipinski definition) is 1. The number of hydrogen-bond acceptors (Lipinski definition) is 13. The fourth-order valence-electron chi connectivity index (χ4n) is 10.4. The Balaban J connectivity index is 1.32. The van der Waals surface area contributed by atoms with Gasteiger partial charge in [0.05, 0.1) is 86.8 Å². The predicted octanol–water partition coefficient (Wildman–Crippen LogP) is 6.26. The van der Waals surface area contributed by atoms with Crippen molar-refractivity contribution in [2.45, 2.75) is 124 Å². The topological polar surface area (TPSA) is 199 Å². The molecule has 0 aliphatic carbocycles. The SMILES string of the molecule is CC[C@H](C)[C@@H]([C@@H](CC(=O)N1CCC[C@H]1[C@H](OC)[C@@H](C)C(=O)C[C@@H](Cc1ccccc1)C(=O)O)OC)N(C)C(=O)[C@@H](CC(=O)[C@H](C(C)C)N(C)CCOCCOCCON1C(=O)c2ccccc2C1=O)C(C)C. The van der Waals surface area contributed by atoms with E-state index in [1.165, 1.54) is 7.11 Å². The molecule has 0 unspecified atom stereocenters. The number of carbonyl (C=O) groups is 7. The second-order valence-corrected chi connectivity index (χ2v) is 20.2. The summed E-state index contributed by atoms with van der Waals surface area (Å²) in [6.45, 7) is 15.6. The minimum Gasteiger partial charge on any atom is -0.481 e. The number of ether oxygens (including phenoxy) is 4. The van der Waals surface area contributed by atoms with Crippen LogP contribution >= 0.6 is 0 Å². The van der Waals surface area contributed by atoms with Gasteiger partial charge in [0.15, 0.2) is 5.78 Å². The van der Waals surface area contributed by atoms with Gasteiger partial charge in [0.2, 0.25) is 11.8 Å². The van der Waals surface area contributed by atoms with Crippen LogP contribution in [0, 0.1) is 35.5 Å². The van der Waals surface area contributed by atoms with Gasteiger partial charge >= 0.3 is 5.97 Å². The maximum absolute atomic E-state index is 14.7. The number of likely N-dealkylation sites (N-methyl/N-ethyl adjacent to an activating group) is 2. The third kappa shape index (κ3) is 15.8. The number of imide groups is 1. The monoisotopic (exact) mass is 1010 g/mol. The van der Waals surface area contributed by atoms with Crippen molar-refractivity contribution >= 4 is 41.2 Å². The van der Waals surface area contributed by atoms with E-state index >= 15 is 0 Å². The Morgan fingerprint density at radius 2 is 1.35 bits per heavy atom. The normalized spacial score (nSPS) is 18.2. The summed E-state index contributed by atoms with van der Waals surface area (Å²) in [4.78, 5) is 105. The van der Waals surface area contributed by atoms with Gasteiger partial charge in [0.1, 0.15) is 5.78 Å². The van der Waals surface area contributed by atoms with Gasteiger partial charge in [0, 0.05) is 59.0 Å². The number of ketones is 2. The Morgan fingerprint density at radius 3 is 1.90 bits per heavy atom. The molecule has 400 valence electrons. The van der Waals surface area contributed by atoms with Gasteiger partial charge in [0.25, 0.3) is 11.8 Å². The summed E-state index contributed by atoms with van der Waals surface area (Å²) in [6.07, 6.45) is 0.741. The molecule has 2 aliphatic heterocycles. The second kappa shape index (κ2) is 29.1. The highest BCUT2D eigenvalue weighted by molar-refractivity contribution is 6.20. The van der Waals surface area contributed by atoms with Crippen LogP contribution in [0.1, 0.15) is 113 Å². The maximum atomic E-state index is 14.7. The number of carboxylic acids is 1. The third-order valence-corrected chi connectivity index (χ3v) is 14.6. The highest BCUT2D eigenvalue weighted by Crippen LogP contribution is 2.32. The molecule has 2 heterocycles. The Hall–Kier alpha value is -4.91. The zero-order valence-corrected chi connectivity index (χ0v) is 44.6. The van der Waals surface area contributed by atoms with Crippen molar-refractivity contribution in [3.05, 3.63) is 71.3 Å². The van der Waals surface area contributed by atoms with Gasteiger partial charge in [-0.2, -0.15) is 0 Å². The average Bonchev–Trinajstić information content (AvgIpc) is 3.93. The van der Waals surface area contributed by atoms with Gasteiger partial charge in [-0.3, -0.25) is 43.3 Å². The number of hydroxylamine groups is 2. The first-order valence-corrected chi connectivity index (χ1v) is 25.7. The Labute approximate surface area is 427 Å². The molecule has 17 nitrogen and oxygen atoms in total. The minimum absolute atomic E-state index is 0.00411. The summed E-state index contributed by atoms with van der Waals surface area (Å²) in [7, 11) is 6.67. The number of fused-ring (bicyclic) bond motifs is 1. The molecule has 9 atom stereocenters. The zero-order valence-electron chi connectivity index (χ0n) is 44.6. The van der Waals surface area contributed by atoms with E-state index in [1.807, 2.05) is 83.8 Å². The molecule has 0 saturated carbocycles. The maximum Gasteiger partial charge on any atom is 0.307 e. The van der Waals surface area contributed by atoms with Crippen LogP contribution in [0.5, 0.6) is 0 Å². The molecule has 1 fully saturated rings. The predicted molar refractivity (Wildman–Crippen MR) is 271 cm³/mol. The summed E-state index contributed by atoms with van der Waals surface area (Å²) in [5.41, 5.74) is 1.44. The van der Waals surface area contributed by atoms with Gasteiger partial charge in [-0.1, -0.05) is 97.4 Å². The molecule has 4 rings (SSSR count). The quantitative estimate of drug-likeness (QED) is 0.0621. The minimum atomic E-state index is -1.04. The lowest BCUT2D eigenvalue weighted by Gasteiger charge is -2.41. The fraction of sp³-hybridized carbons (Fsp3) is 0.655. The van der Waals surface area contributed by atoms with Crippen molar-refractivity contribution in [3.8, 4) is 0 Å². The summed E-state index contributed by atoms with van der Waals surface area (Å²) < 4.78 is 23.4. The first kappa shape index (κ1) is 59.7. The summed E-state index contributed by atoms with van der Waals surface area (Å²) >= 11 is 0. The highest BCUT2D eigenvalue weighted by atomic mass is 16.7. The van der Waals surface area contributed by atoms with Gasteiger partial charge in [-0.05, 0) is 61.8 Å². The van der Waals surface area contributed by atoms with Crippen molar-refractivity contribution in [1.29, 1.82) is 0 Å². The van der Waals surface area contributed by atoms with Crippen molar-refractivity contribution in [3.63, 3.8) is 0 Å². The van der Waals surface area contributed by atoms with Crippen LogP contribution in [0.15, 0.2) is 54.6 Å². The number of aliphatic carboxylic acids is 1. The number of methoxy groups -OCH3 is 2. The average molecular weight is 1010 g/mol. The molecule has 2 aromatic rings. The van der Waals surface area contributed by atoms with Crippen molar-refractivity contribution < 1.29 is 62.5 Å². The van der Waals surface area contributed by atoms with Crippen molar-refractivity contribution in [2.75, 3.05) is 74.4 Å². The van der Waals surface area contributed by atoms with Gasteiger partial charge < -0.3 is 33.9 Å². The molecule has 2 aromatic carbocycles. The van der Waals surface area contributed by atoms with Crippen molar-refractivity contribution in [1.82, 2.24) is 19.8 Å². The number of carbonyl (C=O) groups excluding carboxylic acids is 6. The summed E-state index contributed by atoms with van der Waals surface area (Å²) in [6, 6.07) is 14.4. The fourth-order valence-corrected chi connectivity index (χ4v) is 10.4. The molecule has 0 spiro atoms. The number of benzene rings is 2. The molecule has 4 amide bonds. The van der Waals surface area contributed by atoms with E-state index in [-0.39, 0.29) is 93.2 Å². The lowest BCUT2D eigenvalue weighted by molar-refractivity contribution is -0.149. The van der Waals surface area contributed by atoms with Crippen LogP contribution in [0.4, 0.5) is 0 Å². The van der Waals surface area contributed by atoms with E-state index in [0.29, 0.717) is 50.1 Å². The number of carboxylic acid groups (broad SMARTS) is 1. The van der Waals surface area contributed by atoms with E-state index in [0.717, 1.165) is 10.6 Å².